The molecule has 5 rings (SSSR count). The highest BCUT2D eigenvalue weighted by Crippen LogP contribution is 2.31. The number of carbonyl (C=O) groups is 1. The zero-order chi connectivity index (χ0) is 24.0. The molecule has 0 aliphatic carbocycles. The van der Waals surface area contributed by atoms with Gasteiger partial charge in [0.25, 0.3) is 0 Å². The third kappa shape index (κ3) is 3.97. The van der Waals surface area contributed by atoms with Gasteiger partial charge in [-0.15, -0.1) is 10.2 Å². The number of benzene rings is 2. The minimum atomic E-state index is -0.359. The molecule has 34 heavy (non-hydrogen) atoms. The van der Waals surface area contributed by atoms with Crippen molar-refractivity contribution in [2.45, 2.75) is 40.2 Å². The van der Waals surface area contributed by atoms with Crippen molar-refractivity contribution in [3.8, 4) is 11.4 Å². The maximum Gasteiger partial charge on any atom is 0.223 e. The lowest BCUT2D eigenvalue weighted by Gasteiger charge is -2.41. The van der Waals surface area contributed by atoms with E-state index in [0.29, 0.717) is 49.0 Å². The van der Waals surface area contributed by atoms with Crippen LogP contribution in [0.4, 0.5) is 10.3 Å². The molecule has 1 amide bonds. The summed E-state index contributed by atoms with van der Waals surface area (Å²) in [7, 11) is 0. The first kappa shape index (κ1) is 22.3. The summed E-state index contributed by atoms with van der Waals surface area (Å²) in [5.74, 6) is 0.890. The van der Waals surface area contributed by atoms with E-state index in [4.69, 9.17) is 4.98 Å². The highest BCUT2D eigenvalue weighted by molar-refractivity contribution is 5.93. The number of halogens is 1. The minimum Gasteiger partial charge on any atom is -0.338 e. The molecule has 1 saturated heterocycles. The number of hydrogen-bond donors (Lipinski definition) is 0. The van der Waals surface area contributed by atoms with Crippen LogP contribution in [-0.2, 0) is 4.79 Å². The lowest BCUT2D eigenvalue weighted by Crippen LogP contribution is -2.55. The third-order valence-electron chi connectivity index (χ3n) is 6.26. The summed E-state index contributed by atoms with van der Waals surface area (Å²) in [6.07, 6.45) is 0.513. The first-order valence-corrected chi connectivity index (χ1v) is 11.7. The molecule has 2 aromatic carbocycles. The van der Waals surface area contributed by atoms with Crippen molar-refractivity contribution in [2.75, 3.05) is 24.5 Å². The van der Waals surface area contributed by atoms with Crippen molar-refractivity contribution in [3.63, 3.8) is 0 Å². The van der Waals surface area contributed by atoms with Gasteiger partial charge in [-0.2, -0.15) is 0 Å². The van der Waals surface area contributed by atoms with E-state index >= 15 is 0 Å². The summed E-state index contributed by atoms with van der Waals surface area (Å²) < 4.78 is 16.6. The SMILES string of the molecule is C[C@@H]1CN(c2nc3ccccc3c3nnc(-c4ccccc4F)n23)CCN1C(=O)CC(C)(C)C. The van der Waals surface area contributed by atoms with E-state index in [0.717, 1.165) is 10.9 Å². The third-order valence-corrected chi connectivity index (χ3v) is 6.26. The Morgan fingerprint density at radius 3 is 2.53 bits per heavy atom. The molecule has 3 heterocycles. The molecular formula is C26H29FN6O. The van der Waals surface area contributed by atoms with E-state index in [-0.39, 0.29) is 23.2 Å². The molecule has 0 spiro atoms. The van der Waals surface area contributed by atoms with Gasteiger partial charge in [-0.25, -0.2) is 13.8 Å². The van der Waals surface area contributed by atoms with Gasteiger partial charge in [0.2, 0.25) is 11.9 Å². The van der Waals surface area contributed by atoms with Gasteiger partial charge in [0.05, 0.1) is 11.1 Å². The van der Waals surface area contributed by atoms with Gasteiger partial charge < -0.3 is 9.80 Å². The monoisotopic (exact) mass is 460 g/mol. The summed E-state index contributed by atoms with van der Waals surface area (Å²) in [5, 5.41) is 9.67. The van der Waals surface area contributed by atoms with Crippen LogP contribution in [-0.4, -0.2) is 56.1 Å². The number of carbonyl (C=O) groups excluding carboxylic acids is 1. The van der Waals surface area contributed by atoms with Gasteiger partial charge >= 0.3 is 0 Å². The van der Waals surface area contributed by atoms with E-state index in [9.17, 15) is 9.18 Å². The largest absolute Gasteiger partial charge is 0.338 e. The van der Waals surface area contributed by atoms with E-state index in [2.05, 4.69) is 42.8 Å². The second-order valence-corrected chi connectivity index (χ2v) is 10.2. The molecule has 176 valence electrons. The Balaban J connectivity index is 1.59. The molecule has 2 aromatic heterocycles. The molecule has 1 fully saturated rings. The predicted molar refractivity (Wildman–Crippen MR) is 131 cm³/mol. The molecule has 7 nitrogen and oxygen atoms in total. The van der Waals surface area contributed by atoms with Crippen LogP contribution in [0, 0.1) is 11.2 Å². The van der Waals surface area contributed by atoms with Gasteiger partial charge in [-0.1, -0.05) is 45.0 Å². The fourth-order valence-corrected chi connectivity index (χ4v) is 4.66. The highest BCUT2D eigenvalue weighted by Gasteiger charge is 2.32. The smallest absolute Gasteiger partial charge is 0.223 e. The minimum absolute atomic E-state index is 0.0142. The molecule has 8 heteroatoms. The second-order valence-electron chi connectivity index (χ2n) is 10.2. The maximum absolute atomic E-state index is 14.7. The zero-order valence-electron chi connectivity index (χ0n) is 20.0. The van der Waals surface area contributed by atoms with Crippen LogP contribution in [0.1, 0.15) is 34.1 Å². The Morgan fingerprint density at radius 1 is 1.06 bits per heavy atom. The second kappa shape index (κ2) is 8.34. The van der Waals surface area contributed by atoms with Crippen LogP contribution < -0.4 is 4.90 Å². The van der Waals surface area contributed by atoms with Crippen LogP contribution in [0.5, 0.6) is 0 Å². The number of piperazine rings is 1. The Hall–Kier alpha value is -3.55. The number of amides is 1. The first-order valence-electron chi connectivity index (χ1n) is 11.7. The zero-order valence-corrected chi connectivity index (χ0v) is 20.0. The van der Waals surface area contributed by atoms with Gasteiger partial charge in [0.15, 0.2) is 11.5 Å². The Morgan fingerprint density at radius 2 is 1.79 bits per heavy atom. The van der Waals surface area contributed by atoms with Gasteiger partial charge in [-0.3, -0.25) is 4.79 Å². The Bertz CT molecular complexity index is 1370. The average Bonchev–Trinajstić information content (AvgIpc) is 3.23. The van der Waals surface area contributed by atoms with Gasteiger partial charge in [0, 0.05) is 37.5 Å². The van der Waals surface area contributed by atoms with E-state index in [1.165, 1.54) is 6.07 Å². The van der Waals surface area contributed by atoms with E-state index < -0.39 is 0 Å². The molecule has 0 N–H and O–H groups in total. The molecule has 4 aromatic rings. The Labute approximate surface area is 198 Å². The molecule has 0 saturated carbocycles. The fourth-order valence-electron chi connectivity index (χ4n) is 4.66. The van der Waals surface area contributed by atoms with Crippen molar-refractivity contribution in [3.05, 3.63) is 54.3 Å². The van der Waals surface area contributed by atoms with E-state index in [1.807, 2.05) is 33.6 Å². The molecule has 1 aliphatic rings. The molecule has 1 atom stereocenters. The maximum atomic E-state index is 14.7. The number of hydrogen-bond acceptors (Lipinski definition) is 5. The summed E-state index contributed by atoms with van der Waals surface area (Å²) in [6, 6.07) is 14.4. The lowest BCUT2D eigenvalue weighted by molar-refractivity contribution is -0.135. The van der Waals surface area contributed by atoms with Crippen molar-refractivity contribution in [1.82, 2.24) is 24.5 Å². The standard InChI is InChI=1S/C26H29FN6O/c1-17-16-31(13-14-32(17)22(34)15-26(2,3)4)25-28-21-12-8-6-10-19(21)24-30-29-23(33(24)25)18-9-5-7-11-20(18)27/h5-12,17H,13-16H2,1-4H3/t17-/m1/s1. The van der Waals surface area contributed by atoms with Gasteiger partial charge in [0.1, 0.15) is 5.82 Å². The van der Waals surface area contributed by atoms with Crippen molar-refractivity contribution >= 4 is 28.4 Å². The quantitative estimate of drug-likeness (QED) is 0.449. The van der Waals surface area contributed by atoms with Crippen LogP contribution in [0.2, 0.25) is 0 Å². The fraction of sp³-hybridized carbons (Fsp3) is 0.385. The first-order chi connectivity index (χ1) is 16.2. The van der Waals surface area contributed by atoms with Crippen molar-refractivity contribution in [2.24, 2.45) is 5.41 Å². The number of para-hydroxylation sites is 1. The molecule has 0 radical (unpaired) electrons. The predicted octanol–water partition coefficient (Wildman–Crippen LogP) is 4.56. The van der Waals surface area contributed by atoms with Crippen LogP contribution in [0.25, 0.3) is 27.9 Å². The molecule has 0 unspecified atom stereocenters. The number of aromatic nitrogens is 4. The van der Waals surface area contributed by atoms with Crippen molar-refractivity contribution in [1.29, 1.82) is 0 Å². The summed E-state index contributed by atoms with van der Waals surface area (Å²) in [6.45, 7) is 10.1. The number of rotatable bonds is 3. The summed E-state index contributed by atoms with van der Waals surface area (Å²) in [5.41, 5.74) is 1.76. The van der Waals surface area contributed by atoms with Crippen molar-refractivity contribution < 1.29 is 9.18 Å². The van der Waals surface area contributed by atoms with Crippen LogP contribution in [0.3, 0.4) is 0 Å². The number of anilines is 1. The van der Waals surface area contributed by atoms with Gasteiger partial charge in [-0.05, 0) is 36.6 Å². The summed E-state index contributed by atoms with van der Waals surface area (Å²) >= 11 is 0. The molecule has 0 bridgehead atoms. The average molecular weight is 461 g/mol. The van der Waals surface area contributed by atoms with Crippen LogP contribution >= 0.6 is 0 Å². The molecule has 1 aliphatic heterocycles. The number of nitrogens with zero attached hydrogens (tertiary/aromatic N) is 6. The highest BCUT2D eigenvalue weighted by atomic mass is 19.1. The van der Waals surface area contributed by atoms with Crippen LogP contribution in [0.15, 0.2) is 48.5 Å². The topological polar surface area (TPSA) is 66.6 Å². The molecular weight excluding hydrogens is 431 g/mol. The Kier molecular flexibility index (Phi) is 5.46. The summed E-state index contributed by atoms with van der Waals surface area (Å²) in [4.78, 5) is 22.0. The van der Waals surface area contributed by atoms with E-state index in [1.54, 1.807) is 18.2 Å². The normalized spacial score (nSPS) is 17.0. The number of fused-ring (bicyclic) bond motifs is 3. The lowest BCUT2D eigenvalue weighted by atomic mass is 9.91.